The lowest BCUT2D eigenvalue weighted by Gasteiger charge is -2.34. The van der Waals surface area contributed by atoms with Crippen LogP contribution >= 0.6 is 0 Å². The molecule has 1 aliphatic rings. The van der Waals surface area contributed by atoms with Crippen LogP contribution in [-0.2, 0) is 0 Å². The first kappa shape index (κ1) is 13.7. The summed E-state index contributed by atoms with van der Waals surface area (Å²) in [5.41, 5.74) is 0.922. The number of fused-ring (bicyclic) bond motifs is 1. The molecule has 2 aromatic heterocycles. The number of para-hydroxylation sites is 1. The molecule has 8 heteroatoms. The predicted octanol–water partition coefficient (Wildman–Crippen LogP) is 2.26. The molecule has 23 heavy (non-hydrogen) atoms. The predicted molar refractivity (Wildman–Crippen MR) is 85.1 cm³/mol. The summed E-state index contributed by atoms with van der Waals surface area (Å²) in [5.74, 6) is 2.12. The Morgan fingerprint density at radius 3 is 2.91 bits per heavy atom. The Labute approximate surface area is 131 Å². The molecule has 3 heterocycles. The van der Waals surface area contributed by atoms with E-state index in [0.717, 1.165) is 10.9 Å². The van der Waals surface area contributed by atoms with E-state index in [1.807, 2.05) is 24.3 Å². The SMILES string of the molecule is COc1cnc(N2CC(F)C2)nc1Nc1n[nH]c2ccccc12. The first-order valence-electron chi connectivity index (χ1n) is 7.25. The first-order chi connectivity index (χ1) is 11.2. The van der Waals surface area contributed by atoms with Crippen LogP contribution in [0.4, 0.5) is 22.0 Å². The summed E-state index contributed by atoms with van der Waals surface area (Å²) < 4.78 is 18.3. The number of hydrogen-bond donors (Lipinski definition) is 2. The summed E-state index contributed by atoms with van der Waals surface area (Å²) in [7, 11) is 1.55. The molecule has 1 aliphatic heterocycles. The molecule has 1 fully saturated rings. The Bertz CT molecular complexity index is 845. The molecule has 0 bridgehead atoms. The molecule has 0 saturated carbocycles. The van der Waals surface area contributed by atoms with Gasteiger partial charge in [0.15, 0.2) is 17.4 Å². The highest BCUT2D eigenvalue weighted by Gasteiger charge is 2.29. The van der Waals surface area contributed by atoms with E-state index in [4.69, 9.17) is 4.74 Å². The number of anilines is 3. The first-order valence-corrected chi connectivity index (χ1v) is 7.25. The van der Waals surface area contributed by atoms with Crippen molar-refractivity contribution in [3.63, 3.8) is 0 Å². The van der Waals surface area contributed by atoms with Crippen molar-refractivity contribution in [3.8, 4) is 5.75 Å². The molecule has 4 rings (SSSR count). The number of alkyl halides is 1. The lowest BCUT2D eigenvalue weighted by Crippen LogP contribution is -2.49. The zero-order valence-corrected chi connectivity index (χ0v) is 12.5. The highest BCUT2D eigenvalue weighted by atomic mass is 19.1. The third-order valence-corrected chi connectivity index (χ3v) is 3.79. The average Bonchev–Trinajstić information content (AvgIpc) is 2.95. The smallest absolute Gasteiger partial charge is 0.227 e. The fraction of sp³-hybridized carbons (Fsp3) is 0.267. The molecule has 1 aromatic carbocycles. The number of hydrogen-bond acceptors (Lipinski definition) is 6. The van der Waals surface area contributed by atoms with Crippen LogP contribution < -0.4 is 15.0 Å². The molecule has 7 nitrogen and oxygen atoms in total. The number of nitrogens with zero attached hydrogens (tertiary/aromatic N) is 4. The van der Waals surface area contributed by atoms with E-state index in [-0.39, 0.29) is 0 Å². The van der Waals surface area contributed by atoms with Gasteiger partial charge in [-0.15, -0.1) is 0 Å². The van der Waals surface area contributed by atoms with Gasteiger partial charge in [-0.1, -0.05) is 12.1 Å². The minimum absolute atomic E-state index is 0.317. The molecule has 1 saturated heterocycles. The number of H-pyrrole nitrogens is 1. The van der Waals surface area contributed by atoms with Gasteiger partial charge in [0.1, 0.15) is 6.17 Å². The number of methoxy groups -OCH3 is 1. The van der Waals surface area contributed by atoms with Crippen LogP contribution in [0.2, 0.25) is 0 Å². The molecular weight excluding hydrogens is 299 g/mol. The molecular formula is C15H15FN6O. The summed E-state index contributed by atoms with van der Waals surface area (Å²) in [5, 5.41) is 11.3. The van der Waals surface area contributed by atoms with Crippen LogP contribution in [0.3, 0.4) is 0 Å². The second-order valence-electron chi connectivity index (χ2n) is 5.33. The van der Waals surface area contributed by atoms with E-state index in [1.54, 1.807) is 18.2 Å². The summed E-state index contributed by atoms with van der Waals surface area (Å²) >= 11 is 0. The minimum Gasteiger partial charge on any atom is -0.491 e. The number of aromatic amines is 1. The zero-order valence-electron chi connectivity index (χ0n) is 12.5. The molecule has 0 unspecified atom stereocenters. The Balaban J connectivity index is 1.68. The topological polar surface area (TPSA) is 79.0 Å². The Hall–Kier alpha value is -2.90. The number of ether oxygens (including phenoxy) is 1. The second kappa shape index (κ2) is 5.38. The molecule has 2 N–H and O–H groups in total. The van der Waals surface area contributed by atoms with E-state index in [1.165, 1.54) is 0 Å². The van der Waals surface area contributed by atoms with Gasteiger partial charge in [0.05, 0.1) is 31.9 Å². The van der Waals surface area contributed by atoms with Gasteiger partial charge in [-0.05, 0) is 12.1 Å². The molecule has 0 aliphatic carbocycles. The van der Waals surface area contributed by atoms with Crippen molar-refractivity contribution in [3.05, 3.63) is 30.5 Å². The van der Waals surface area contributed by atoms with Crippen LogP contribution in [-0.4, -0.2) is 46.5 Å². The molecule has 118 valence electrons. The van der Waals surface area contributed by atoms with E-state index in [9.17, 15) is 4.39 Å². The van der Waals surface area contributed by atoms with Crippen LogP contribution in [0.15, 0.2) is 30.5 Å². The van der Waals surface area contributed by atoms with Gasteiger partial charge in [0, 0.05) is 5.39 Å². The number of nitrogens with one attached hydrogen (secondary N) is 2. The maximum Gasteiger partial charge on any atom is 0.227 e. The Kier molecular flexibility index (Phi) is 3.22. The minimum atomic E-state index is -0.813. The van der Waals surface area contributed by atoms with Crippen molar-refractivity contribution in [2.45, 2.75) is 6.17 Å². The van der Waals surface area contributed by atoms with Crippen molar-refractivity contribution in [1.29, 1.82) is 0 Å². The number of aromatic nitrogens is 4. The number of halogens is 1. The summed E-state index contributed by atoms with van der Waals surface area (Å²) in [6.45, 7) is 0.633. The maximum atomic E-state index is 13.0. The van der Waals surface area contributed by atoms with Crippen molar-refractivity contribution in [2.75, 3.05) is 30.4 Å². The standard InChI is InChI=1S/C15H15FN6O/c1-23-12-6-17-15(22-7-9(16)8-22)19-14(12)18-13-10-4-2-3-5-11(10)20-21-13/h2-6,9H,7-8H2,1H3,(H2,17,18,19,20,21). The van der Waals surface area contributed by atoms with Gasteiger partial charge in [-0.2, -0.15) is 10.1 Å². The van der Waals surface area contributed by atoms with Gasteiger partial charge < -0.3 is 15.0 Å². The fourth-order valence-electron chi connectivity index (χ4n) is 2.51. The lowest BCUT2D eigenvalue weighted by molar-refractivity contribution is 0.272. The summed E-state index contributed by atoms with van der Waals surface area (Å²) in [6.07, 6.45) is 0.762. The van der Waals surface area contributed by atoms with Gasteiger partial charge in [0.25, 0.3) is 0 Å². The monoisotopic (exact) mass is 314 g/mol. The van der Waals surface area contributed by atoms with Crippen molar-refractivity contribution >= 4 is 28.5 Å². The average molecular weight is 314 g/mol. The lowest BCUT2D eigenvalue weighted by atomic mass is 10.2. The summed E-state index contributed by atoms with van der Waals surface area (Å²) in [6, 6.07) is 7.77. The quantitative estimate of drug-likeness (QED) is 0.769. The highest BCUT2D eigenvalue weighted by molar-refractivity contribution is 5.91. The van der Waals surface area contributed by atoms with Crippen molar-refractivity contribution < 1.29 is 9.13 Å². The van der Waals surface area contributed by atoms with E-state index < -0.39 is 6.17 Å². The van der Waals surface area contributed by atoms with Gasteiger partial charge in [-0.25, -0.2) is 9.37 Å². The van der Waals surface area contributed by atoms with Crippen LogP contribution in [0.25, 0.3) is 10.9 Å². The molecule has 0 amide bonds. The molecule has 0 atom stereocenters. The van der Waals surface area contributed by atoms with E-state index >= 15 is 0 Å². The zero-order chi connectivity index (χ0) is 15.8. The second-order valence-corrected chi connectivity index (χ2v) is 5.33. The normalized spacial score (nSPS) is 14.8. The molecule has 3 aromatic rings. The third kappa shape index (κ3) is 2.41. The van der Waals surface area contributed by atoms with E-state index in [2.05, 4.69) is 25.5 Å². The van der Waals surface area contributed by atoms with Gasteiger partial charge in [-0.3, -0.25) is 5.10 Å². The van der Waals surface area contributed by atoms with Crippen LogP contribution in [0.5, 0.6) is 5.75 Å². The Morgan fingerprint density at radius 1 is 1.30 bits per heavy atom. The maximum absolute atomic E-state index is 13.0. The van der Waals surface area contributed by atoms with Gasteiger partial charge in [0.2, 0.25) is 5.95 Å². The van der Waals surface area contributed by atoms with E-state index in [0.29, 0.717) is 36.4 Å². The number of rotatable bonds is 4. The highest BCUT2D eigenvalue weighted by Crippen LogP contribution is 2.30. The van der Waals surface area contributed by atoms with Crippen LogP contribution in [0, 0.1) is 0 Å². The Morgan fingerprint density at radius 2 is 2.13 bits per heavy atom. The van der Waals surface area contributed by atoms with Gasteiger partial charge >= 0.3 is 0 Å². The third-order valence-electron chi connectivity index (χ3n) is 3.79. The largest absolute Gasteiger partial charge is 0.491 e. The fourth-order valence-corrected chi connectivity index (χ4v) is 2.51. The molecule has 0 radical (unpaired) electrons. The van der Waals surface area contributed by atoms with Crippen LogP contribution in [0.1, 0.15) is 0 Å². The van der Waals surface area contributed by atoms with Crippen molar-refractivity contribution in [2.24, 2.45) is 0 Å². The number of benzene rings is 1. The molecule has 0 spiro atoms. The van der Waals surface area contributed by atoms with Crippen molar-refractivity contribution in [1.82, 2.24) is 20.2 Å². The summed E-state index contributed by atoms with van der Waals surface area (Å²) in [4.78, 5) is 10.4.